The SMILES string of the molecule is CC(=O)Nc1ccn2c(=O)c(I)c(C(F)(F)F)nc2c1.O=c1c(I)c(C(F)(F)F)nc2cc(Br)ccn12. The van der Waals surface area contributed by atoms with Gasteiger partial charge in [-0.2, -0.15) is 26.3 Å². The summed E-state index contributed by atoms with van der Waals surface area (Å²) < 4.78 is 77.9. The van der Waals surface area contributed by atoms with E-state index in [1.54, 1.807) is 6.07 Å². The molecular formula is C20H10BrF6I2N5O3. The summed E-state index contributed by atoms with van der Waals surface area (Å²) in [5.74, 6) is -0.377. The van der Waals surface area contributed by atoms with Gasteiger partial charge in [-0.1, -0.05) is 15.9 Å². The zero-order chi connectivity index (χ0) is 27.9. The number of amides is 1. The van der Waals surface area contributed by atoms with Crippen molar-refractivity contribution >= 4 is 84.0 Å². The first-order valence-corrected chi connectivity index (χ1v) is 12.5. The maximum Gasteiger partial charge on any atom is 0.434 e. The highest BCUT2D eigenvalue weighted by molar-refractivity contribution is 14.1. The highest BCUT2D eigenvalue weighted by Crippen LogP contribution is 2.31. The quantitative estimate of drug-likeness (QED) is 0.207. The maximum absolute atomic E-state index is 12.8. The zero-order valence-corrected chi connectivity index (χ0v) is 23.8. The summed E-state index contributed by atoms with van der Waals surface area (Å²) in [5.41, 5.74) is -3.89. The van der Waals surface area contributed by atoms with Crippen molar-refractivity contribution in [2.24, 2.45) is 0 Å². The summed E-state index contributed by atoms with van der Waals surface area (Å²) in [7, 11) is 0. The molecule has 0 atom stereocenters. The number of carbonyl (C=O) groups is 1. The Morgan fingerprint density at radius 1 is 0.865 bits per heavy atom. The van der Waals surface area contributed by atoms with E-state index in [4.69, 9.17) is 0 Å². The van der Waals surface area contributed by atoms with Gasteiger partial charge in [-0.25, -0.2) is 9.97 Å². The minimum atomic E-state index is -4.71. The Labute approximate surface area is 237 Å². The monoisotopic (exact) mass is 815 g/mol. The van der Waals surface area contributed by atoms with E-state index >= 15 is 0 Å². The molecule has 4 aromatic heterocycles. The third-order valence-corrected chi connectivity index (χ3v) is 6.81. The van der Waals surface area contributed by atoms with Crippen molar-refractivity contribution < 1.29 is 31.1 Å². The van der Waals surface area contributed by atoms with Gasteiger partial charge in [-0.05, 0) is 63.4 Å². The van der Waals surface area contributed by atoms with E-state index < -0.39 is 42.0 Å². The summed E-state index contributed by atoms with van der Waals surface area (Å²) in [4.78, 5) is 41.4. The molecule has 4 aromatic rings. The van der Waals surface area contributed by atoms with Gasteiger partial charge in [0, 0.05) is 35.5 Å². The minimum absolute atomic E-state index is 0.0443. The predicted molar refractivity (Wildman–Crippen MR) is 140 cm³/mol. The number of fused-ring (bicyclic) bond motifs is 2. The van der Waals surface area contributed by atoms with Crippen molar-refractivity contribution in [1.82, 2.24) is 18.8 Å². The van der Waals surface area contributed by atoms with Crippen LogP contribution in [-0.4, -0.2) is 24.7 Å². The summed E-state index contributed by atoms with van der Waals surface area (Å²) in [6.07, 6.45) is -6.71. The molecule has 196 valence electrons. The van der Waals surface area contributed by atoms with Crippen LogP contribution in [0.5, 0.6) is 0 Å². The van der Waals surface area contributed by atoms with Crippen LogP contribution in [0.3, 0.4) is 0 Å². The lowest BCUT2D eigenvalue weighted by Crippen LogP contribution is -2.25. The van der Waals surface area contributed by atoms with Crippen LogP contribution in [0.2, 0.25) is 0 Å². The first kappa shape index (κ1) is 29.3. The standard InChI is InChI=1S/C11H7F3IN3O2.C9H3BrF3IN2O/c1-5(19)16-6-2-3-18-7(4-6)17-9(11(12,13)14)8(15)10(18)20;10-4-1-2-16-5(3-4)15-7(9(11,12)13)6(14)8(16)17/h2-4H,1H3,(H,16,19);1-3H. The Balaban J connectivity index is 0.000000208. The second-order valence-electron chi connectivity index (χ2n) is 7.05. The van der Waals surface area contributed by atoms with Crippen LogP contribution in [0.15, 0.2) is 50.7 Å². The number of rotatable bonds is 1. The van der Waals surface area contributed by atoms with Gasteiger partial charge < -0.3 is 5.32 Å². The van der Waals surface area contributed by atoms with Gasteiger partial charge in [0.25, 0.3) is 11.1 Å². The number of halogens is 9. The van der Waals surface area contributed by atoms with Crippen molar-refractivity contribution in [2.45, 2.75) is 19.3 Å². The van der Waals surface area contributed by atoms with E-state index in [0.717, 1.165) is 8.80 Å². The lowest BCUT2D eigenvalue weighted by Gasteiger charge is -2.10. The summed E-state index contributed by atoms with van der Waals surface area (Å²) in [6, 6.07) is 5.51. The molecular weight excluding hydrogens is 806 g/mol. The average Bonchev–Trinajstić information content (AvgIpc) is 2.77. The maximum atomic E-state index is 12.8. The largest absolute Gasteiger partial charge is 0.434 e. The summed E-state index contributed by atoms with van der Waals surface area (Å²) >= 11 is 5.79. The van der Waals surface area contributed by atoms with E-state index in [-0.39, 0.29) is 22.9 Å². The Morgan fingerprint density at radius 2 is 1.30 bits per heavy atom. The van der Waals surface area contributed by atoms with Gasteiger partial charge >= 0.3 is 12.4 Å². The first-order chi connectivity index (χ1) is 17.0. The van der Waals surface area contributed by atoms with Crippen LogP contribution in [0.25, 0.3) is 11.3 Å². The molecule has 17 heteroatoms. The van der Waals surface area contributed by atoms with Gasteiger partial charge in [0.05, 0.1) is 0 Å². The third kappa shape index (κ3) is 6.59. The molecule has 0 spiro atoms. The Bertz CT molecular complexity index is 1650. The van der Waals surface area contributed by atoms with Crippen LogP contribution in [-0.2, 0) is 17.1 Å². The molecule has 0 aliphatic rings. The molecule has 4 rings (SSSR count). The number of pyridine rings is 2. The fourth-order valence-electron chi connectivity index (χ4n) is 2.86. The van der Waals surface area contributed by atoms with Crippen molar-refractivity contribution in [3.63, 3.8) is 0 Å². The van der Waals surface area contributed by atoms with E-state index in [0.29, 0.717) is 4.47 Å². The van der Waals surface area contributed by atoms with Gasteiger partial charge in [-0.3, -0.25) is 23.2 Å². The molecule has 0 bridgehead atoms. The molecule has 37 heavy (non-hydrogen) atoms. The normalized spacial score (nSPS) is 11.8. The number of aromatic nitrogens is 4. The summed E-state index contributed by atoms with van der Waals surface area (Å²) in [6.45, 7) is 1.26. The number of carbonyl (C=O) groups excluding carboxylic acids is 1. The van der Waals surface area contributed by atoms with E-state index in [9.17, 15) is 40.7 Å². The van der Waals surface area contributed by atoms with Crippen LogP contribution >= 0.6 is 61.1 Å². The average molecular weight is 816 g/mol. The molecule has 1 amide bonds. The van der Waals surface area contributed by atoms with Crippen LogP contribution in [0.4, 0.5) is 32.0 Å². The molecule has 0 saturated heterocycles. The molecule has 1 N–H and O–H groups in total. The van der Waals surface area contributed by atoms with E-state index in [1.165, 1.54) is 82.7 Å². The summed E-state index contributed by atoms with van der Waals surface area (Å²) in [5, 5.41) is 2.41. The van der Waals surface area contributed by atoms with Crippen LogP contribution < -0.4 is 16.4 Å². The van der Waals surface area contributed by atoms with Gasteiger partial charge in [0.1, 0.15) is 18.4 Å². The minimum Gasteiger partial charge on any atom is -0.326 e. The zero-order valence-electron chi connectivity index (χ0n) is 17.9. The fraction of sp³-hybridized carbons (Fsp3) is 0.150. The number of hydrogen-bond acceptors (Lipinski definition) is 5. The van der Waals surface area contributed by atoms with E-state index in [2.05, 4.69) is 31.2 Å². The van der Waals surface area contributed by atoms with Crippen molar-refractivity contribution in [3.8, 4) is 0 Å². The second-order valence-corrected chi connectivity index (χ2v) is 10.1. The Morgan fingerprint density at radius 3 is 1.73 bits per heavy atom. The van der Waals surface area contributed by atoms with E-state index in [1.807, 2.05) is 0 Å². The predicted octanol–water partition coefficient (Wildman–Crippen LogP) is 5.36. The third-order valence-electron chi connectivity index (χ3n) is 4.37. The van der Waals surface area contributed by atoms with Crippen LogP contribution in [0, 0.1) is 7.14 Å². The molecule has 0 aromatic carbocycles. The Hall–Kier alpha value is -2.29. The first-order valence-electron chi connectivity index (χ1n) is 9.52. The van der Waals surface area contributed by atoms with Crippen LogP contribution in [0.1, 0.15) is 18.3 Å². The number of alkyl halides is 6. The lowest BCUT2D eigenvalue weighted by atomic mass is 10.3. The number of nitrogens with one attached hydrogen (secondary N) is 1. The van der Waals surface area contributed by atoms with Gasteiger partial charge in [0.2, 0.25) is 5.91 Å². The van der Waals surface area contributed by atoms with Crippen molar-refractivity contribution in [3.05, 3.63) is 80.4 Å². The highest BCUT2D eigenvalue weighted by Gasteiger charge is 2.37. The molecule has 0 radical (unpaired) electrons. The molecule has 0 saturated carbocycles. The molecule has 4 heterocycles. The molecule has 0 aliphatic heterocycles. The van der Waals surface area contributed by atoms with Crippen molar-refractivity contribution in [1.29, 1.82) is 0 Å². The lowest BCUT2D eigenvalue weighted by molar-refractivity contribution is -0.142. The highest BCUT2D eigenvalue weighted by atomic mass is 127. The number of nitrogens with zero attached hydrogens (tertiary/aromatic N) is 4. The van der Waals surface area contributed by atoms with Crippen molar-refractivity contribution in [2.75, 3.05) is 5.32 Å². The number of anilines is 1. The molecule has 8 nitrogen and oxygen atoms in total. The van der Waals surface area contributed by atoms with Gasteiger partial charge in [-0.15, -0.1) is 0 Å². The molecule has 0 fully saturated rings. The topological polar surface area (TPSA) is 97.8 Å². The second kappa shape index (κ2) is 10.8. The Kier molecular flexibility index (Phi) is 8.57. The fourth-order valence-corrected chi connectivity index (χ4v) is 4.56. The van der Waals surface area contributed by atoms with Gasteiger partial charge in [0.15, 0.2) is 11.4 Å². The molecule has 0 unspecified atom stereocenters. The smallest absolute Gasteiger partial charge is 0.326 e. The molecule has 0 aliphatic carbocycles. The number of hydrogen-bond donors (Lipinski definition) is 1.